The Labute approximate surface area is 83.6 Å². The van der Waals surface area contributed by atoms with Crippen molar-refractivity contribution in [1.82, 2.24) is 0 Å². The zero-order valence-electron chi connectivity index (χ0n) is 5.98. The minimum absolute atomic E-state index is 0.892. The first-order valence-electron chi connectivity index (χ1n) is 3.24. The molecular formula is C9H8Br2. The monoisotopic (exact) mass is 274 g/mol. The van der Waals surface area contributed by atoms with E-state index in [4.69, 9.17) is 0 Å². The highest BCUT2D eigenvalue weighted by atomic mass is 79.9. The van der Waals surface area contributed by atoms with Gasteiger partial charge in [0.05, 0.1) is 0 Å². The summed E-state index contributed by atoms with van der Waals surface area (Å²) in [5, 5.41) is 0.892. The summed E-state index contributed by atoms with van der Waals surface area (Å²) in [6.45, 7) is 3.71. The Kier molecular flexibility index (Phi) is 3.34. The fraction of sp³-hybridized carbons (Fsp3) is 0.111. The van der Waals surface area contributed by atoms with Gasteiger partial charge >= 0.3 is 0 Å². The molecule has 0 nitrogen and oxygen atoms in total. The topological polar surface area (TPSA) is 0 Å². The molecule has 11 heavy (non-hydrogen) atoms. The molecule has 58 valence electrons. The van der Waals surface area contributed by atoms with Gasteiger partial charge in [0.1, 0.15) is 0 Å². The van der Waals surface area contributed by atoms with Crippen molar-refractivity contribution >= 4 is 37.9 Å². The van der Waals surface area contributed by atoms with E-state index in [9.17, 15) is 0 Å². The van der Waals surface area contributed by atoms with Gasteiger partial charge < -0.3 is 0 Å². The van der Waals surface area contributed by atoms with Crippen molar-refractivity contribution in [3.05, 3.63) is 40.4 Å². The Hall–Kier alpha value is -0.0800. The average Bonchev–Trinajstić information content (AvgIpc) is 2.04. The summed E-state index contributed by atoms with van der Waals surface area (Å²) in [6.07, 6.45) is 1.84. The lowest BCUT2D eigenvalue weighted by Gasteiger charge is -1.99. The summed E-state index contributed by atoms with van der Waals surface area (Å²) in [7, 11) is 0. The minimum Gasteiger partial charge on any atom is -0.0984 e. The van der Waals surface area contributed by atoms with Gasteiger partial charge in [-0.05, 0) is 17.2 Å². The van der Waals surface area contributed by atoms with Crippen LogP contribution >= 0.6 is 31.9 Å². The molecule has 0 aliphatic heterocycles. The van der Waals surface area contributed by atoms with Crippen LogP contribution in [0.4, 0.5) is 0 Å². The molecule has 0 aliphatic rings. The van der Waals surface area contributed by atoms with Gasteiger partial charge in [0.25, 0.3) is 0 Å². The molecule has 0 spiro atoms. The van der Waals surface area contributed by atoms with Gasteiger partial charge in [-0.25, -0.2) is 0 Å². The van der Waals surface area contributed by atoms with Gasteiger partial charge in [0.2, 0.25) is 0 Å². The Balaban J connectivity index is 3.09. The van der Waals surface area contributed by atoms with Crippen molar-refractivity contribution in [2.45, 2.75) is 5.33 Å². The van der Waals surface area contributed by atoms with E-state index >= 15 is 0 Å². The molecule has 0 saturated carbocycles. The molecule has 0 radical (unpaired) electrons. The van der Waals surface area contributed by atoms with Crippen LogP contribution in [-0.2, 0) is 5.33 Å². The highest BCUT2D eigenvalue weighted by molar-refractivity contribution is 9.10. The van der Waals surface area contributed by atoms with Crippen LogP contribution in [-0.4, -0.2) is 0 Å². The van der Waals surface area contributed by atoms with E-state index in [-0.39, 0.29) is 0 Å². The largest absolute Gasteiger partial charge is 0.0984 e. The number of hydrogen-bond donors (Lipinski definition) is 0. The van der Waals surface area contributed by atoms with Crippen LogP contribution in [0.15, 0.2) is 29.3 Å². The molecule has 0 saturated heterocycles. The molecule has 0 fully saturated rings. The number of hydrogen-bond acceptors (Lipinski definition) is 0. The molecule has 1 aromatic rings. The van der Waals surface area contributed by atoms with E-state index < -0.39 is 0 Å². The maximum atomic E-state index is 3.71. The summed E-state index contributed by atoms with van der Waals surface area (Å²) >= 11 is 6.85. The molecule has 0 bridgehead atoms. The van der Waals surface area contributed by atoms with Crippen molar-refractivity contribution in [1.29, 1.82) is 0 Å². The summed E-state index contributed by atoms with van der Waals surface area (Å²) in [5.41, 5.74) is 2.40. The predicted octanol–water partition coefficient (Wildman–Crippen LogP) is 3.99. The highest BCUT2D eigenvalue weighted by Crippen LogP contribution is 2.20. The van der Waals surface area contributed by atoms with Crippen molar-refractivity contribution in [2.24, 2.45) is 0 Å². The number of rotatable bonds is 2. The molecule has 0 aromatic heterocycles. The Morgan fingerprint density at radius 2 is 2.18 bits per heavy atom. The fourth-order valence-electron chi connectivity index (χ4n) is 0.819. The fourth-order valence-corrected chi connectivity index (χ4v) is 1.76. The second-order valence-electron chi connectivity index (χ2n) is 2.19. The maximum Gasteiger partial charge on any atom is 0.0283 e. The Morgan fingerprint density at radius 1 is 1.45 bits per heavy atom. The summed E-state index contributed by atoms with van der Waals surface area (Å²) in [4.78, 5) is 0. The van der Waals surface area contributed by atoms with Crippen molar-refractivity contribution < 1.29 is 0 Å². The van der Waals surface area contributed by atoms with Crippen LogP contribution in [0, 0.1) is 0 Å². The highest BCUT2D eigenvalue weighted by Gasteiger charge is 1.95. The third-order valence-corrected chi connectivity index (χ3v) is 2.77. The average molecular weight is 276 g/mol. The molecule has 1 rings (SSSR count). The van der Waals surface area contributed by atoms with Crippen LogP contribution in [0.5, 0.6) is 0 Å². The van der Waals surface area contributed by atoms with Crippen LogP contribution < -0.4 is 0 Å². The smallest absolute Gasteiger partial charge is 0.0283 e. The third kappa shape index (κ3) is 2.17. The van der Waals surface area contributed by atoms with E-state index in [1.807, 2.05) is 12.1 Å². The zero-order chi connectivity index (χ0) is 8.27. The van der Waals surface area contributed by atoms with Crippen LogP contribution in [0.2, 0.25) is 0 Å². The van der Waals surface area contributed by atoms with Crippen LogP contribution in [0.3, 0.4) is 0 Å². The molecule has 0 unspecified atom stereocenters. The second kappa shape index (κ2) is 4.07. The molecule has 1 aromatic carbocycles. The van der Waals surface area contributed by atoms with E-state index in [0.717, 1.165) is 15.4 Å². The lowest BCUT2D eigenvalue weighted by Crippen LogP contribution is -1.79. The summed E-state index contributed by atoms with van der Waals surface area (Å²) < 4.78 is 1.10. The van der Waals surface area contributed by atoms with Crippen molar-refractivity contribution in [3.63, 3.8) is 0 Å². The molecular weight excluding hydrogens is 268 g/mol. The molecule has 0 amide bonds. The summed E-state index contributed by atoms with van der Waals surface area (Å²) in [6, 6.07) is 6.22. The first-order valence-corrected chi connectivity index (χ1v) is 5.16. The van der Waals surface area contributed by atoms with Crippen molar-refractivity contribution in [3.8, 4) is 0 Å². The SMILES string of the molecule is C=Cc1ccc(CBr)cc1Br. The molecule has 0 atom stereocenters. The Bertz CT molecular complexity index is 266. The number of halogens is 2. The zero-order valence-corrected chi connectivity index (χ0v) is 9.15. The number of benzene rings is 1. The molecule has 2 heteroatoms. The van der Waals surface area contributed by atoms with E-state index in [1.165, 1.54) is 5.56 Å². The van der Waals surface area contributed by atoms with Gasteiger partial charge in [-0.15, -0.1) is 0 Å². The molecule has 0 aliphatic carbocycles. The molecule has 0 heterocycles. The van der Waals surface area contributed by atoms with Gasteiger partial charge in [-0.2, -0.15) is 0 Å². The van der Waals surface area contributed by atoms with Gasteiger partial charge in [0.15, 0.2) is 0 Å². The van der Waals surface area contributed by atoms with Crippen LogP contribution in [0.25, 0.3) is 6.08 Å². The van der Waals surface area contributed by atoms with Gasteiger partial charge in [0, 0.05) is 9.80 Å². The lowest BCUT2D eigenvalue weighted by atomic mass is 10.1. The van der Waals surface area contributed by atoms with Gasteiger partial charge in [-0.3, -0.25) is 0 Å². The predicted molar refractivity (Wildman–Crippen MR) is 56.9 cm³/mol. The summed E-state index contributed by atoms with van der Waals surface area (Å²) in [5.74, 6) is 0. The third-order valence-electron chi connectivity index (χ3n) is 1.44. The van der Waals surface area contributed by atoms with E-state index in [2.05, 4.69) is 50.6 Å². The van der Waals surface area contributed by atoms with E-state index in [0.29, 0.717) is 0 Å². The van der Waals surface area contributed by atoms with E-state index in [1.54, 1.807) is 0 Å². The van der Waals surface area contributed by atoms with Crippen molar-refractivity contribution in [2.75, 3.05) is 0 Å². The van der Waals surface area contributed by atoms with Gasteiger partial charge in [-0.1, -0.05) is 56.6 Å². The standard InChI is InChI=1S/C9H8Br2/c1-2-8-4-3-7(6-10)5-9(8)11/h2-5H,1,6H2. The lowest BCUT2D eigenvalue weighted by molar-refractivity contribution is 1.41. The first kappa shape index (κ1) is 9.01. The normalized spacial score (nSPS) is 9.64. The first-order chi connectivity index (χ1) is 5.27. The molecule has 0 N–H and O–H groups in total. The Morgan fingerprint density at radius 3 is 2.64 bits per heavy atom. The van der Waals surface area contributed by atoms with Crippen LogP contribution in [0.1, 0.15) is 11.1 Å². The quantitative estimate of drug-likeness (QED) is 0.716. The second-order valence-corrected chi connectivity index (χ2v) is 3.61. The minimum atomic E-state index is 0.892. The number of alkyl halides is 1. The maximum absolute atomic E-state index is 3.71.